The van der Waals surface area contributed by atoms with Gasteiger partial charge in [-0.1, -0.05) is 54.6 Å². The summed E-state index contributed by atoms with van der Waals surface area (Å²) in [5.74, 6) is -0.974. The van der Waals surface area contributed by atoms with Crippen LogP contribution in [0.25, 0.3) is 11.1 Å². The summed E-state index contributed by atoms with van der Waals surface area (Å²) in [6.07, 6.45) is 0. The first-order valence-corrected chi connectivity index (χ1v) is 9.65. The summed E-state index contributed by atoms with van der Waals surface area (Å²) in [5.41, 5.74) is 3.01. The van der Waals surface area contributed by atoms with Gasteiger partial charge in [-0.3, -0.25) is 14.5 Å². The highest BCUT2D eigenvalue weighted by atomic mass is 19.1. The molecule has 1 atom stereocenters. The minimum Gasteiger partial charge on any atom is -0.325 e. The monoisotopic (exact) mass is 405 g/mol. The number of para-hydroxylation sites is 1. The minimum absolute atomic E-state index is 0.00850. The maximum Gasteiger partial charge on any atom is 0.241 e. The van der Waals surface area contributed by atoms with Crippen LogP contribution in [0.4, 0.5) is 15.8 Å². The van der Waals surface area contributed by atoms with Gasteiger partial charge in [0.2, 0.25) is 11.8 Å². The molecule has 0 radical (unpaired) electrons. The van der Waals surface area contributed by atoms with Gasteiger partial charge in [0.05, 0.1) is 12.6 Å². The first-order valence-electron chi connectivity index (χ1n) is 9.65. The van der Waals surface area contributed by atoms with E-state index >= 15 is 0 Å². The van der Waals surface area contributed by atoms with Crippen LogP contribution < -0.4 is 10.6 Å². The molecule has 30 heavy (non-hydrogen) atoms. The SMILES string of the molecule is C[C@H](C(=O)Nc1ccccc1-c1ccccc1)N(C)CC(=O)Nc1cccc(F)c1. The van der Waals surface area contributed by atoms with Crippen molar-refractivity contribution in [1.82, 2.24) is 4.90 Å². The maximum atomic E-state index is 13.3. The highest BCUT2D eigenvalue weighted by Gasteiger charge is 2.21. The molecule has 3 aromatic carbocycles. The topological polar surface area (TPSA) is 61.4 Å². The fraction of sp³-hybridized carbons (Fsp3) is 0.167. The molecule has 6 heteroatoms. The van der Waals surface area contributed by atoms with E-state index in [0.717, 1.165) is 11.1 Å². The van der Waals surface area contributed by atoms with Crippen LogP contribution >= 0.6 is 0 Å². The van der Waals surface area contributed by atoms with Gasteiger partial charge in [0, 0.05) is 16.9 Å². The number of rotatable bonds is 7. The van der Waals surface area contributed by atoms with Gasteiger partial charge in [-0.25, -0.2) is 4.39 Å². The second-order valence-electron chi connectivity index (χ2n) is 7.05. The van der Waals surface area contributed by atoms with Crippen molar-refractivity contribution in [3.05, 3.63) is 84.7 Å². The first-order chi connectivity index (χ1) is 14.4. The smallest absolute Gasteiger partial charge is 0.241 e. The molecule has 0 aliphatic heterocycles. The van der Waals surface area contributed by atoms with E-state index in [0.29, 0.717) is 11.4 Å². The number of halogens is 1. The molecule has 154 valence electrons. The Labute approximate surface area is 175 Å². The Morgan fingerprint density at radius 2 is 1.63 bits per heavy atom. The zero-order chi connectivity index (χ0) is 21.5. The Morgan fingerprint density at radius 3 is 2.37 bits per heavy atom. The predicted molar refractivity (Wildman–Crippen MR) is 118 cm³/mol. The van der Waals surface area contributed by atoms with Gasteiger partial charge < -0.3 is 10.6 Å². The quantitative estimate of drug-likeness (QED) is 0.613. The van der Waals surface area contributed by atoms with Crippen LogP contribution in [0.2, 0.25) is 0 Å². The van der Waals surface area contributed by atoms with Crippen molar-refractivity contribution in [2.75, 3.05) is 24.2 Å². The molecule has 3 aromatic rings. The van der Waals surface area contributed by atoms with Crippen molar-refractivity contribution in [3.8, 4) is 11.1 Å². The standard InChI is InChI=1S/C24H24FN3O2/c1-17(28(2)16-23(29)26-20-12-8-11-19(25)15-20)24(30)27-22-14-7-6-13-21(22)18-9-4-3-5-10-18/h3-15,17H,16H2,1-2H3,(H,26,29)(H,27,30)/t17-/m1/s1. The van der Waals surface area contributed by atoms with E-state index in [1.54, 1.807) is 24.9 Å². The van der Waals surface area contributed by atoms with Gasteiger partial charge in [-0.15, -0.1) is 0 Å². The Bertz CT molecular complexity index is 1020. The highest BCUT2D eigenvalue weighted by Crippen LogP contribution is 2.27. The van der Waals surface area contributed by atoms with Gasteiger partial charge in [0.1, 0.15) is 5.82 Å². The highest BCUT2D eigenvalue weighted by molar-refractivity contribution is 5.99. The van der Waals surface area contributed by atoms with Crippen molar-refractivity contribution in [1.29, 1.82) is 0 Å². The van der Waals surface area contributed by atoms with Crippen LogP contribution in [0.1, 0.15) is 6.92 Å². The van der Waals surface area contributed by atoms with E-state index in [9.17, 15) is 14.0 Å². The number of nitrogens with one attached hydrogen (secondary N) is 2. The molecule has 0 saturated carbocycles. The largest absolute Gasteiger partial charge is 0.325 e. The van der Waals surface area contributed by atoms with Crippen molar-refractivity contribution >= 4 is 23.2 Å². The zero-order valence-corrected chi connectivity index (χ0v) is 16.9. The number of nitrogens with zero attached hydrogens (tertiary/aromatic N) is 1. The molecular weight excluding hydrogens is 381 g/mol. The zero-order valence-electron chi connectivity index (χ0n) is 16.9. The molecule has 2 amide bonds. The minimum atomic E-state index is -0.549. The molecule has 0 fully saturated rings. The summed E-state index contributed by atoms with van der Waals surface area (Å²) >= 11 is 0. The number of carbonyl (C=O) groups excluding carboxylic acids is 2. The van der Waals surface area contributed by atoms with Crippen LogP contribution in [0.15, 0.2) is 78.9 Å². The number of likely N-dealkylation sites (N-methyl/N-ethyl adjacent to an activating group) is 1. The van der Waals surface area contributed by atoms with E-state index in [2.05, 4.69) is 10.6 Å². The molecule has 0 spiro atoms. The van der Waals surface area contributed by atoms with E-state index in [4.69, 9.17) is 0 Å². The molecule has 5 nitrogen and oxygen atoms in total. The van der Waals surface area contributed by atoms with Gasteiger partial charge in [-0.05, 0) is 43.8 Å². The second kappa shape index (κ2) is 9.80. The third kappa shape index (κ3) is 5.52. The normalized spacial score (nSPS) is 11.7. The van der Waals surface area contributed by atoms with Crippen LogP contribution in [0, 0.1) is 5.82 Å². The molecule has 0 aliphatic rings. The lowest BCUT2D eigenvalue weighted by Crippen LogP contribution is -2.43. The third-order valence-electron chi connectivity index (χ3n) is 4.81. The van der Waals surface area contributed by atoms with Gasteiger partial charge in [0.15, 0.2) is 0 Å². The van der Waals surface area contributed by atoms with Gasteiger partial charge in [0.25, 0.3) is 0 Å². The summed E-state index contributed by atoms with van der Waals surface area (Å²) < 4.78 is 13.3. The Kier molecular flexibility index (Phi) is 6.93. The number of anilines is 2. The lowest BCUT2D eigenvalue weighted by atomic mass is 10.0. The van der Waals surface area contributed by atoms with E-state index in [-0.39, 0.29) is 18.4 Å². The Balaban J connectivity index is 1.62. The fourth-order valence-corrected chi connectivity index (χ4v) is 3.03. The van der Waals surface area contributed by atoms with E-state index in [1.165, 1.54) is 18.2 Å². The molecule has 0 aromatic heterocycles. The molecule has 0 unspecified atom stereocenters. The molecule has 0 heterocycles. The number of amides is 2. The molecule has 0 aliphatic carbocycles. The van der Waals surface area contributed by atoms with Gasteiger partial charge >= 0.3 is 0 Å². The lowest BCUT2D eigenvalue weighted by Gasteiger charge is -2.24. The van der Waals surface area contributed by atoms with Crippen LogP contribution in [0.3, 0.4) is 0 Å². The predicted octanol–water partition coefficient (Wildman–Crippen LogP) is 4.39. The summed E-state index contributed by atoms with van der Waals surface area (Å²) in [7, 11) is 1.69. The van der Waals surface area contributed by atoms with Crippen LogP contribution in [0.5, 0.6) is 0 Å². The van der Waals surface area contributed by atoms with Gasteiger partial charge in [-0.2, -0.15) is 0 Å². The summed E-state index contributed by atoms with van der Waals surface area (Å²) in [6.45, 7) is 1.72. The Hall–Kier alpha value is -3.51. The third-order valence-corrected chi connectivity index (χ3v) is 4.81. The molecule has 2 N–H and O–H groups in total. The number of carbonyl (C=O) groups is 2. The molecule has 0 bridgehead atoms. The average molecular weight is 405 g/mol. The summed E-state index contributed by atoms with van der Waals surface area (Å²) in [5, 5.41) is 5.59. The van der Waals surface area contributed by atoms with Crippen molar-refractivity contribution in [2.24, 2.45) is 0 Å². The average Bonchev–Trinajstić information content (AvgIpc) is 2.74. The van der Waals surface area contributed by atoms with Crippen LogP contribution in [-0.2, 0) is 9.59 Å². The van der Waals surface area contributed by atoms with E-state index in [1.807, 2.05) is 54.6 Å². The molecule has 3 rings (SSSR count). The summed E-state index contributed by atoms with van der Waals surface area (Å²) in [6, 6.07) is 22.5. The number of hydrogen-bond donors (Lipinski definition) is 2. The second-order valence-corrected chi connectivity index (χ2v) is 7.05. The van der Waals surface area contributed by atoms with Crippen molar-refractivity contribution in [2.45, 2.75) is 13.0 Å². The Morgan fingerprint density at radius 1 is 0.933 bits per heavy atom. The summed E-state index contributed by atoms with van der Waals surface area (Å²) in [4.78, 5) is 26.7. The van der Waals surface area contributed by atoms with Crippen molar-refractivity contribution < 1.29 is 14.0 Å². The maximum absolute atomic E-state index is 13.3. The lowest BCUT2D eigenvalue weighted by molar-refractivity contribution is -0.122. The van der Waals surface area contributed by atoms with Crippen LogP contribution in [-0.4, -0.2) is 36.3 Å². The number of benzene rings is 3. The molecule has 0 saturated heterocycles. The molecular formula is C24H24FN3O2. The van der Waals surface area contributed by atoms with Crippen molar-refractivity contribution in [3.63, 3.8) is 0 Å². The van der Waals surface area contributed by atoms with E-state index < -0.39 is 11.9 Å². The fourth-order valence-electron chi connectivity index (χ4n) is 3.03. The first kappa shape index (κ1) is 21.2. The number of hydrogen-bond acceptors (Lipinski definition) is 3.